The molecular formula is C29H32N6O6. The van der Waals surface area contributed by atoms with Gasteiger partial charge < -0.3 is 20.9 Å². The second-order valence-corrected chi connectivity index (χ2v) is 9.79. The van der Waals surface area contributed by atoms with Gasteiger partial charge >= 0.3 is 0 Å². The number of fused-ring (bicyclic) bond motifs is 2. The van der Waals surface area contributed by atoms with E-state index in [9.17, 15) is 29.8 Å². The Morgan fingerprint density at radius 3 is 1.95 bits per heavy atom. The van der Waals surface area contributed by atoms with Gasteiger partial charge in [-0.2, -0.15) is 0 Å². The summed E-state index contributed by atoms with van der Waals surface area (Å²) in [6.45, 7) is 4.79. The third-order valence-corrected chi connectivity index (χ3v) is 6.92. The third-order valence-electron chi connectivity index (χ3n) is 6.92. The first kappa shape index (κ1) is 29.0. The lowest BCUT2D eigenvalue weighted by atomic mass is 9.98. The van der Waals surface area contributed by atoms with Crippen LogP contribution in [0.5, 0.6) is 0 Å². The molecule has 2 aliphatic rings. The van der Waals surface area contributed by atoms with E-state index in [1.165, 1.54) is 30.9 Å². The zero-order chi connectivity index (χ0) is 29.5. The van der Waals surface area contributed by atoms with Crippen molar-refractivity contribution in [1.82, 2.24) is 0 Å². The number of benzene rings is 3. The number of nitro groups is 2. The van der Waals surface area contributed by atoms with Crippen LogP contribution in [0.2, 0.25) is 0 Å². The minimum Gasteiger partial charge on any atom is -0.385 e. The smallest absolute Gasteiger partial charge is 0.293 e. The Balaban J connectivity index is 0.000000201. The average Bonchev–Trinajstić information content (AvgIpc) is 2.96. The maximum Gasteiger partial charge on any atom is 0.293 e. The molecule has 0 saturated carbocycles. The Morgan fingerprint density at radius 1 is 0.829 bits per heavy atom. The van der Waals surface area contributed by atoms with Crippen LogP contribution in [-0.2, 0) is 29.0 Å². The number of amides is 2. The Kier molecular flexibility index (Phi) is 9.12. The van der Waals surface area contributed by atoms with E-state index in [0.717, 1.165) is 66.8 Å². The summed E-state index contributed by atoms with van der Waals surface area (Å²) < 4.78 is 0. The molecular weight excluding hydrogens is 528 g/mol. The maximum atomic E-state index is 12.3. The van der Waals surface area contributed by atoms with Crippen LogP contribution in [0.4, 0.5) is 34.1 Å². The summed E-state index contributed by atoms with van der Waals surface area (Å²) in [5.41, 5.74) is 5.01. The maximum absolute atomic E-state index is 12.3. The second kappa shape index (κ2) is 12.9. The largest absolute Gasteiger partial charge is 0.385 e. The molecule has 0 bridgehead atoms. The highest BCUT2D eigenvalue weighted by Crippen LogP contribution is 2.40. The number of nitro benzene ring substituents is 2. The molecule has 0 spiro atoms. The van der Waals surface area contributed by atoms with Crippen LogP contribution >= 0.6 is 0 Å². The van der Waals surface area contributed by atoms with Gasteiger partial charge in [0.15, 0.2) is 0 Å². The quantitative estimate of drug-likeness (QED) is 0.266. The summed E-state index contributed by atoms with van der Waals surface area (Å²) in [5, 5.41) is 31.5. The van der Waals surface area contributed by atoms with Crippen LogP contribution in [0.25, 0.3) is 0 Å². The zero-order valence-corrected chi connectivity index (χ0v) is 22.9. The number of carbonyl (C=O) groups excluding carboxylic acids is 2. The number of nitrogens with zero attached hydrogens (tertiary/aromatic N) is 3. The average molecular weight is 561 g/mol. The van der Waals surface area contributed by atoms with Crippen LogP contribution in [0.1, 0.15) is 43.4 Å². The van der Waals surface area contributed by atoms with Gasteiger partial charge in [0.05, 0.1) is 16.4 Å². The van der Waals surface area contributed by atoms with Crippen molar-refractivity contribution in [2.24, 2.45) is 0 Å². The van der Waals surface area contributed by atoms with E-state index in [2.05, 4.69) is 16.0 Å². The highest BCUT2D eigenvalue weighted by molar-refractivity contribution is 5.97. The molecule has 0 unspecified atom stereocenters. The van der Waals surface area contributed by atoms with Crippen molar-refractivity contribution in [3.05, 3.63) is 91.5 Å². The van der Waals surface area contributed by atoms with Gasteiger partial charge in [-0.05, 0) is 43.4 Å². The summed E-state index contributed by atoms with van der Waals surface area (Å²) in [6.07, 6.45) is 3.25. The van der Waals surface area contributed by atoms with Gasteiger partial charge in [-0.1, -0.05) is 30.3 Å². The van der Waals surface area contributed by atoms with Crippen molar-refractivity contribution in [3.8, 4) is 0 Å². The van der Waals surface area contributed by atoms with Crippen LogP contribution in [-0.4, -0.2) is 34.8 Å². The van der Waals surface area contributed by atoms with Gasteiger partial charge in [-0.25, -0.2) is 0 Å². The van der Waals surface area contributed by atoms with Crippen molar-refractivity contribution >= 4 is 45.9 Å². The van der Waals surface area contributed by atoms with Crippen LogP contribution in [0.3, 0.4) is 0 Å². The lowest BCUT2D eigenvalue weighted by Gasteiger charge is -2.27. The van der Waals surface area contributed by atoms with E-state index in [4.69, 9.17) is 0 Å². The van der Waals surface area contributed by atoms with Crippen LogP contribution < -0.4 is 20.9 Å². The Bertz CT molecular complexity index is 1480. The van der Waals surface area contributed by atoms with Crippen molar-refractivity contribution in [2.45, 2.75) is 46.1 Å². The molecule has 3 aromatic rings. The van der Waals surface area contributed by atoms with Crippen LogP contribution in [0, 0.1) is 20.2 Å². The van der Waals surface area contributed by atoms with Gasteiger partial charge in [0, 0.05) is 61.6 Å². The number of hydrogen-bond acceptors (Lipinski definition) is 8. The predicted octanol–water partition coefficient (Wildman–Crippen LogP) is 5.42. The summed E-state index contributed by atoms with van der Waals surface area (Å²) >= 11 is 0. The predicted molar refractivity (Wildman–Crippen MR) is 157 cm³/mol. The molecule has 3 aromatic carbocycles. The first-order chi connectivity index (χ1) is 19.7. The molecule has 0 fully saturated rings. The number of hydrogen-bond donors (Lipinski definition) is 3. The summed E-state index contributed by atoms with van der Waals surface area (Å²) in [5.74, 6) is -0.506. The first-order valence-corrected chi connectivity index (χ1v) is 13.3. The van der Waals surface area contributed by atoms with E-state index in [1.807, 2.05) is 30.3 Å². The molecule has 12 nitrogen and oxygen atoms in total. The highest BCUT2D eigenvalue weighted by atomic mass is 16.6. The lowest BCUT2D eigenvalue weighted by Crippen LogP contribution is -2.30. The van der Waals surface area contributed by atoms with Crippen molar-refractivity contribution in [2.75, 3.05) is 33.9 Å². The Labute approximate surface area is 237 Å². The zero-order valence-electron chi connectivity index (χ0n) is 22.9. The first-order valence-electron chi connectivity index (χ1n) is 13.3. The fourth-order valence-corrected chi connectivity index (χ4v) is 5.11. The van der Waals surface area contributed by atoms with Gasteiger partial charge in [-0.3, -0.25) is 29.8 Å². The van der Waals surface area contributed by atoms with Crippen molar-refractivity contribution in [3.63, 3.8) is 0 Å². The van der Waals surface area contributed by atoms with Crippen molar-refractivity contribution < 1.29 is 19.4 Å². The molecule has 0 aliphatic carbocycles. The molecule has 2 aliphatic heterocycles. The molecule has 41 heavy (non-hydrogen) atoms. The minimum absolute atomic E-state index is 0.0245. The Hall–Kier alpha value is -5.00. The second-order valence-electron chi connectivity index (χ2n) is 9.79. The van der Waals surface area contributed by atoms with E-state index >= 15 is 0 Å². The number of carbonyl (C=O) groups is 2. The fourth-order valence-electron chi connectivity index (χ4n) is 5.11. The molecule has 2 heterocycles. The molecule has 12 heteroatoms. The van der Waals surface area contributed by atoms with Gasteiger partial charge in [0.25, 0.3) is 11.4 Å². The Morgan fingerprint density at radius 2 is 1.39 bits per heavy atom. The molecule has 5 rings (SSSR count). The van der Waals surface area contributed by atoms with Crippen LogP contribution in [0.15, 0.2) is 54.6 Å². The van der Waals surface area contributed by atoms with E-state index < -0.39 is 9.85 Å². The monoisotopic (exact) mass is 560 g/mol. The molecule has 214 valence electrons. The number of anilines is 4. The topological polar surface area (TPSA) is 160 Å². The standard InChI is InChI=1S/C18H19N3O3.C11H13N3O3/c1-13(22)20(12-14-6-3-2-4-7-14)18-15-8-5-11-19-16(15)9-10-17(18)21(23)24;1-7(15)13-11-8-3-2-6-12-9(8)4-5-10(11)14(16)17/h2-4,6-7,9-10,19H,5,8,11-12H2,1H3;4-5,12H,2-3,6H2,1H3,(H,13,15). The van der Waals surface area contributed by atoms with Crippen molar-refractivity contribution in [1.29, 1.82) is 0 Å². The van der Waals surface area contributed by atoms with E-state index in [0.29, 0.717) is 17.9 Å². The van der Waals surface area contributed by atoms with Gasteiger partial charge in [0.1, 0.15) is 11.4 Å². The normalized spacial score (nSPS) is 13.1. The number of nitrogens with one attached hydrogen (secondary N) is 3. The van der Waals surface area contributed by atoms with E-state index in [1.54, 1.807) is 12.1 Å². The summed E-state index contributed by atoms with van der Waals surface area (Å²) in [6, 6.07) is 15.8. The molecule has 0 atom stereocenters. The van der Waals surface area contributed by atoms with Gasteiger partial charge in [0.2, 0.25) is 11.8 Å². The highest BCUT2D eigenvalue weighted by Gasteiger charge is 2.29. The fraction of sp³-hybridized carbons (Fsp3) is 0.310. The molecule has 0 radical (unpaired) electrons. The number of rotatable bonds is 6. The van der Waals surface area contributed by atoms with E-state index in [-0.39, 0.29) is 23.2 Å². The molecule has 2 amide bonds. The van der Waals surface area contributed by atoms with Gasteiger partial charge in [-0.15, -0.1) is 0 Å². The summed E-state index contributed by atoms with van der Waals surface area (Å²) in [4.78, 5) is 46.5. The SMILES string of the molecule is CC(=O)N(Cc1ccccc1)c1c([N+](=O)[O-])ccc2c1CCCN2.CC(=O)Nc1c([N+](=O)[O-])ccc2c1CCCN2. The third kappa shape index (κ3) is 6.78. The molecule has 0 saturated heterocycles. The lowest BCUT2D eigenvalue weighted by molar-refractivity contribution is -0.384. The minimum atomic E-state index is -0.472. The summed E-state index contributed by atoms with van der Waals surface area (Å²) in [7, 11) is 0. The molecule has 0 aromatic heterocycles. The molecule has 3 N–H and O–H groups in total.